The van der Waals surface area contributed by atoms with E-state index in [0.717, 1.165) is 28.7 Å². The average Bonchev–Trinajstić information content (AvgIpc) is 3.03. The summed E-state index contributed by atoms with van der Waals surface area (Å²) in [5.41, 5.74) is 2.62. The Bertz CT molecular complexity index is 630. The highest BCUT2D eigenvalue weighted by Gasteiger charge is 2.32. The molecule has 2 aliphatic rings. The Morgan fingerprint density at radius 1 is 1.45 bits per heavy atom. The fourth-order valence-corrected chi connectivity index (χ4v) is 5.11. The lowest BCUT2D eigenvalue weighted by molar-refractivity contribution is 0.284. The van der Waals surface area contributed by atoms with E-state index >= 15 is 0 Å². The molecule has 1 aliphatic heterocycles. The average molecular weight is 306 g/mol. The van der Waals surface area contributed by atoms with Crippen LogP contribution in [0, 0.1) is 0 Å². The molecule has 0 radical (unpaired) electrons. The van der Waals surface area contributed by atoms with Gasteiger partial charge in [0.05, 0.1) is 23.2 Å². The molecule has 106 valence electrons. The van der Waals surface area contributed by atoms with Gasteiger partial charge in [-0.25, -0.2) is 4.98 Å². The van der Waals surface area contributed by atoms with Crippen molar-refractivity contribution in [2.75, 3.05) is 11.4 Å². The predicted octanol–water partition coefficient (Wildman–Crippen LogP) is 3.70. The summed E-state index contributed by atoms with van der Waals surface area (Å²) in [7, 11) is 0. The molecule has 2 aromatic rings. The van der Waals surface area contributed by atoms with E-state index in [1.165, 1.54) is 23.3 Å². The lowest BCUT2D eigenvalue weighted by atomic mass is 10.0. The molecule has 2 aromatic heterocycles. The summed E-state index contributed by atoms with van der Waals surface area (Å²) >= 11 is 3.55. The number of anilines is 1. The molecule has 0 bridgehead atoms. The van der Waals surface area contributed by atoms with Crippen LogP contribution >= 0.6 is 22.7 Å². The lowest BCUT2D eigenvalue weighted by Crippen LogP contribution is -2.32. The zero-order valence-corrected chi connectivity index (χ0v) is 13.1. The van der Waals surface area contributed by atoms with Crippen LogP contribution in [0.4, 0.5) is 5.13 Å². The van der Waals surface area contributed by atoms with E-state index < -0.39 is 0 Å². The molecule has 1 fully saturated rings. The van der Waals surface area contributed by atoms with Crippen LogP contribution in [0.2, 0.25) is 0 Å². The van der Waals surface area contributed by atoms with Gasteiger partial charge in [-0.2, -0.15) is 0 Å². The molecule has 1 aliphatic carbocycles. The molecule has 0 aromatic carbocycles. The highest BCUT2D eigenvalue weighted by atomic mass is 32.1. The molecule has 0 saturated heterocycles. The van der Waals surface area contributed by atoms with Crippen LogP contribution in [0.25, 0.3) is 0 Å². The van der Waals surface area contributed by atoms with E-state index in [1.807, 2.05) is 11.3 Å². The minimum atomic E-state index is 0.134. The molecule has 4 rings (SSSR count). The van der Waals surface area contributed by atoms with Gasteiger partial charge in [0.15, 0.2) is 5.13 Å². The van der Waals surface area contributed by atoms with Gasteiger partial charge in [-0.05, 0) is 43.2 Å². The fourth-order valence-electron chi connectivity index (χ4n) is 3.03. The summed E-state index contributed by atoms with van der Waals surface area (Å²) in [5, 5.41) is 12.8. The summed E-state index contributed by atoms with van der Waals surface area (Å²) in [5.74, 6) is 0.610. The van der Waals surface area contributed by atoms with Crippen LogP contribution in [0.15, 0.2) is 11.4 Å². The van der Waals surface area contributed by atoms with Gasteiger partial charge >= 0.3 is 0 Å². The third-order valence-corrected chi connectivity index (χ3v) is 6.44. The summed E-state index contributed by atoms with van der Waals surface area (Å²) in [6.45, 7) is 3.44. The van der Waals surface area contributed by atoms with Gasteiger partial charge in [-0.1, -0.05) is 11.3 Å². The van der Waals surface area contributed by atoms with Crippen molar-refractivity contribution in [3.05, 3.63) is 32.5 Å². The second-order valence-corrected chi connectivity index (χ2v) is 7.72. The number of thiophene rings is 1. The van der Waals surface area contributed by atoms with Crippen molar-refractivity contribution in [1.82, 2.24) is 4.98 Å². The first-order valence-electron chi connectivity index (χ1n) is 7.21. The first-order valence-corrected chi connectivity index (χ1v) is 8.91. The van der Waals surface area contributed by atoms with Crippen LogP contribution in [0.3, 0.4) is 0 Å². The monoisotopic (exact) mass is 306 g/mol. The Kier molecular flexibility index (Phi) is 3.09. The Balaban J connectivity index is 1.68. The molecule has 0 spiro atoms. The first kappa shape index (κ1) is 12.8. The van der Waals surface area contributed by atoms with E-state index in [1.54, 1.807) is 11.3 Å². The largest absolute Gasteiger partial charge is 0.391 e. The van der Waals surface area contributed by atoms with Crippen molar-refractivity contribution in [2.24, 2.45) is 0 Å². The summed E-state index contributed by atoms with van der Waals surface area (Å²) in [4.78, 5) is 9.87. The number of aliphatic hydroxyl groups is 1. The number of aliphatic hydroxyl groups excluding tert-OH is 1. The molecule has 1 N–H and O–H groups in total. The quantitative estimate of drug-likeness (QED) is 0.939. The number of thiazole rings is 1. The Morgan fingerprint density at radius 2 is 2.30 bits per heavy atom. The molecule has 3 heterocycles. The van der Waals surface area contributed by atoms with Gasteiger partial charge in [0.1, 0.15) is 0 Å². The molecule has 1 atom stereocenters. The molecule has 3 nitrogen and oxygen atoms in total. The smallest absolute Gasteiger partial charge is 0.186 e. The molecule has 1 unspecified atom stereocenters. The normalized spacial score (nSPS) is 22.1. The highest BCUT2D eigenvalue weighted by Crippen LogP contribution is 2.45. The Hall–Kier alpha value is -0.910. The minimum Gasteiger partial charge on any atom is -0.391 e. The van der Waals surface area contributed by atoms with Crippen molar-refractivity contribution < 1.29 is 5.11 Å². The zero-order chi connectivity index (χ0) is 13.7. The summed E-state index contributed by atoms with van der Waals surface area (Å²) < 4.78 is 0. The maximum Gasteiger partial charge on any atom is 0.186 e. The number of fused-ring (bicyclic) bond motifs is 1. The van der Waals surface area contributed by atoms with Crippen LogP contribution in [-0.2, 0) is 13.0 Å². The molecule has 5 heteroatoms. The third kappa shape index (κ3) is 2.00. The SMILES string of the molecule is CC1c2ccsc2CCN1c1nc(C2CC2)c(CO)s1. The Labute approximate surface area is 126 Å². The molecular formula is C15H18N2OS2. The Morgan fingerprint density at radius 3 is 3.05 bits per heavy atom. The molecular weight excluding hydrogens is 288 g/mol. The van der Waals surface area contributed by atoms with Crippen LogP contribution in [0.1, 0.15) is 52.7 Å². The fraction of sp³-hybridized carbons (Fsp3) is 0.533. The third-order valence-electron chi connectivity index (χ3n) is 4.35. The van der Waals surface area contributed by atoms with Gasteiger partial charge in [0.25, 0.3) is 0 Å². The number of rotatable bonds is 3. The van der Waals surface area contributed by atoms with E-state index in [9.17, 15) is 5.11 Å². The lowest BCUT2D eigenvalue weighted by Gasteiger charge is -2.33. The maximum absolute atomic E-state index is 9.55. The predicted molar refractivity (Wildman–Crippen MR) is 83.8 cm³/mol. The van der Waals surface area contributed by atoms with E-state index in [4.69, 9.17) is 4.98 Å². The van der Waals surface area contributed by atoms with Crippen LogP contribution in [0.5, 0.6) is 0 Å². The van der Waals surface area contributed by atoms with Crippen LogP contribution in [-0.4, -0.2) is 16.6 Å². The van der Waals surface area contributed by atoms with E-state index in [-0.39, 0.29) is 6.61 Å². The number of hydrogen-bond donors (Lipinski definition) is 1. The summed E-state index contributed by atoms with van der Waals surface area (Å²) in [6.07, 6.45) is 3.59. The molecule has 1 saturated carbocycles. The van der Waals surface area contributed by atoms with Gasteiger partial charge in [-0.15, -0.1) is 11.3 Å². The number of nitrogens with zero attached hydrogens (tertiary/aromatic N) is 2. The maximum atomic E-state index is 9.55. The van der Waals surface area contributed by atoms with Gasteiger partial charge in [0, 0.05) is 17.3 Å². The van der Waals surface area contributed by atoms with E-state index in [0.29, 0.717) is 12.0 Å². The van der Waals surface area contributed by atoms with Crippen molar-refractivity contribution in [1.29, 1.82) is 0 Å². The first-order chi connectivity index (χ1) is 9.78. The number of hydrogen-bond acceptors (Lipinski definition) is 5. The topological polar surface area (TPSA) is 36.4 Å². The minimum absolute atomic E-state index is 0.134. The highest BCUT2D eigenvalue weighted by molar-refractivity contribution is 7.15. The van der Waals surface area contributed by atoms with Crippen molar-refractivity contribution in [3.63, 3.8) is 0 Å². The second-order valence-electron chi connectivity index (χ2n) is 5.66. The van der Waals surface area contributed by atoms with Crippen molar-refractivity contribution in [2.45, 2.75) is 44.8 Å². The van der Waals surface area contributed by atoms with Crippen molar-refractivity contribution >= 4 is 27.8 Å². The zero-order valence-electron chi connectivity index (χ0n) is 11.5. The second kappa shape index (κ2) is 4.83. The van der Waals surface area contributed by atoms with Gasteiger partial charge in [-0.3, -0.25) is 0 Å². The van der Waals surface area contributed by atoms with Crippen LogP contribution < -0.4 is 4.90 Å². The van der Waals surface area contributed by atoms with Gasteiger partial charge in [0.2, 0.25) is 0 Å². The summed E-state index contributed by atoms with van der Waals surface area (Å²) in [6, 6.07) is 2.65. The van der Waals surface area contributed by atoms with E-state index in [2.05, 4.69) is 23.3 Å². The van der Waals surface area contributed by atoms with Gasteiger partial charge < -0.3 is 10.0 Å². The molecule has 20 heavy (non-hydrogen) atoms. The standard InChI is InChI=1S/C15H18N2OS2/c1-9-11-5-7-19-12(11)4-6-17(9)15-16-14(10-2-3-10)13(8-18)20-15/h5,7,9-10,18H,2-4,6,8H2,1H3. The number of aromatic nitrogens is 1. The molecule has 0 amide bonds. The van der Waals surface area contributed by atoms with Crippen molar-refractivity contribution in [3.8, 4) is 0 Å².